The number of hydrogen-bond donors (Lipinski definition) is 1. The fourth-order valence-corrected chi connectivity index (χ4v) is 0.812. The van der Waals surface area contributed by atoms with E-state index in [9.17, 15) is 4.79 Å². The zero-order valence-corrected chi connectivity index (χ0v) is 7.54. The van der Waals surface area contributed by atoms with Crippen LogP contribution in [0.2, 0.25) is 0 Å². The minimum Gasteiger partial charge on any atom is -0.449 e. The van der Waals surface area contributed by atoms with E-state index >= 15 is 0 Å². The molecular weight excluding hydrogens is 166 g/mol. The van der Waals surface area contributed by atoms with Crippen LogP contribution < -0.4 is 5.32 Å². The average molecular weight is 178 g/mol. The Labute approximate surface area is 77.7 Å². The van der Waals surface area contributed by atoms with Gasteiger partial charge >= 0.3 is 6.09 Å². The van der Waals surface area contributed by atoms with Crippen LogP contribution in [0, 0.1) is 6.07 Å². The smallest absolute Gasteiger partial charge is 0.411 e. The Morgan fingerprint density at radius 3 is 3.08 bits per heavy atom. The first-order valence-corrected chi connectivity index (χ1v) is 4.23. The van der Waals surface area contributed by atoms with Crippen molar-refractivity contribution in [2.75, 3.05) is 11.9 Å². The Kier molecular flexibility index (Phi) is 3.82. The molecule has 69 valence electrons. The molecule has 0 heterocycles. The van der Waals surface area contributed by atoms with E-state index in [1.54, 1.807) is 12.1 Å². The summed E-state index contributed by atoms with van der Waals surface area (Å²) in [5.41, 5.74) is 0.628. The molecule has 0 saturated carbocycles. The normalized spacial score (nSPS) is 9.31. The topological polar surface area (TPSA) is 38.3 Å². The summed E-state index contributed by atoms with van der Waals surface area (Å²) in [5, 5.41) is 2.56. The highest BCUT2D eigenvalue weighted by molar-refractivity contribution is 5.84. The molecule has 0 spiro atoms. The molecule has 0 aliphatic carbocycles. The largest absolute Gasteiger partial charge is 0.449 e. The van der Waals surface area contributed by atoms with Crippen molar-refractivity contribution in [1.29, 1.82) is 0 Å². The van der Waals surface area contributed by atoms with Gasteiger partial charge in [-0.2, -0.15) is 0 Å². The SMILES string of the molecule is CCCOC(=O)Nc1[c]cccc1. The summed E-state index contributed by atoms with van der Waals surface area (Å²) in [6.07, 6.45) is 0.399. The van der Waals surface area contributed by atoms with Crippen molar-refractivity contribution >= 4 is 11.8 Å². The van der Waals surface area contributed by atoms with Gasteiger partial charge in [0.1, 0.15) is 0 Å². The molecule has 1 radical (unpaired) electrons. The van der Waals surface area contributed by atoms with Crippen molar-refractivity contribution in [2.24, 2.45) is 0 Å². The number of ether oxygens (including phenoxy) is 1. The number of rotatable bonds is 3. The van der Waals surface area contributed by atoms with E-state index in [0.29, 0.717) is 12.3 Å². The number of benzene rings is 1. The summed E-state index contributed by atoms with van der Waals surface area (Å²) in [4.78, 5) is 11.0. The first-order chi connectivity index (χ1) is 6.33. The van der Waals surface area contributed by atoms with E-state index in [4.69, 9.17) is 4.74 Å². The van der Waals surface area contributed by atoms with Gasteiger partial charge < -0.3 is 4.74 Å². The molecule has 1 amide bonds. The fraction of sp³-hybridized carbons (Fsp3) is 0.300. The Hall–Kier alpha value is -1.51. The van der Waals surface area contributed by atoms with Crippen LogP contribution in [0.4, 0.5) is 10.5 Å². The van der Waals surface area contributed by atoms with Gasteiger partial charge in [-0.1, -0.05) is 25.1 Å². The Morgan fingerprint density at radius 1 is 1.62 bits per heavy atom. The summed E-state index contributed by atoms with van der Waals surface area (Å²) >= 11 is 0. The molecule has 3 heteroatoms. The molecule has 1 aromatic rings. The van der Waals surface area contributed by atoms with Crippen LogP contribution in [-0.2, 0) is 4.74 Å². The van der Waals surface area contributed by atoms with Crippen LogP contribution in [0.1, 0.15) is 13.3 Å². The van der Waals surface area contributed by atoms with E-state index in [1.165, 1.54) is 0 Å². The maximum Gasteiger partial charge on any atom is 0.411 e. The lowest BCUT2D eigenvalue weighted by Gasteiger charge is -2.04. The third kappa shape index (κ3) is 3.60. The highest BCUT2D eigenvalue weighted by Crippen LogP contribution is 2.04. The van der Waals surface area contributed by atoms with Crippen LogP contribution >= 0.6 is 0 Å². The lowest BCUT2D eigenvalue weighted by molar-refractivity contribution is 0.161. The molecule has 0 atom stereocenters. The van der Waals surface area contributed by atoms with Crippen molar-refractivity contribution in [1.82, 2.24) is 0 Å². The minimum absolute atomic E-state index is 0.427. The van der Waals surface area contributed by atoms with Crippen LogP contribution in [0.15, 0.2) is 24.3 Å². The van der Waals surface area contributed by atoms with Gasteiger partial charge in [0.05, 0.1) is 12.3 Å². The van der Waals surface area contributed by atoms with Crippen LogP contribution in [0.25, 0.3) is 0 Å². The van der Waals surface area contributed by atoms with Crippen LogP contribution in [-0.4, -0.2) is 12.7 Å². The second-order valence-electron chi connectivity index (χ2n) is 2.54. The number of carbonyl (C=O) groups is 1. The Bertz CT molecular complexity index is 259. The van der Waals surface area contributed by atoms with E-state index in [0.717, 1.165) is 6.42 Å². The van der Waals surface area contributed by atoms with Crippen molar-refractivity contribution in [2.45, 2.75) is 13.3 Å². The van der Waals surface area contributed by atoms with Gasteiger partial charge in [-0.15, -0.1) is 0 Å². The van der Waals surface area contributed by atoms with E-state index in [2.05, 4.69) is 11.4 Å². The van der Waals surface area contributed by atoms with Gasteiger partial charge in [0.15, 0.2) is 0 Å². The molecule has 0 unspecified atom stereocenters. The summed E-state index contributed by atoms with van der Waals surface area (Å²) in [6.45, 7) is 2.39. The molecule has 0 bridgehead atoms. The maximum atomic E-state index is 11.0. The predicted octanol–water partition coefficient (Wildman–Crippen LogP) is 2.45. The highest BCUT2D eigenvalue weighted by Gasteiger charge is 2.00. The number of anilines is 1. The standard InChI is InChI=1S/C10H12NO2/c1-2-8-13-10(12)11-9-6-4-3-5-7-9/h3-6H,2,8H2,1H3,(H,11,12). The summed E-state index contributed by atoms with van der Waals surface area (Å²) < 4.78 is 4.83. The molecule has 13 heavy (non-hydrogen) atoms. The minimum atomic E-state index is -0.427. The first kappa shape index (κ1) is 9.58. The quantitative estimate of drug-likeness (QED) is 0.772. The zero-order chi connectivity index (χ0) is 9.52. The lowest BCUT2D eigenvalue weighted by Crippen LogP contribution is -2.13. The summed E-state index contributed by atoms with van der Waals surface area (Å²) in [7, 11) is 0. The van der Waals surface area contributed by atoms with Gasteiger partial charge in [0, 0.05) is 6.07 Å². The van der Waals surface area contributed by atoms with E-state index in [1.807, 2.05) is 19.1 Å². The van der Waals surface area contributed by atoms with Gasteiger partial charge in [0.25, 0.3) is 0 Å². The number of carbonyl (C=O) groups excluding carboxylic acids is 1. The monoisotopic (exact) mass is 178 g/mol. The van der Waals surface area contributed by atoms with E-state index < -0.39 is 6.09 Å². The molecule has 0 fully saturated rings. The van der Waals surface area contributed by atoms with Crippen LogP contribution in [0.3, 0.4) is 0 Å². The molecule has 3 nitrogen and oxygen atoms in total. The molecule has 1 rings (SSSR count). The number of nitrogens with one attached hydrogen (secondary N) is 1. The van der Waals surface area contributed by atoms with Gasteiger partial charge in [-0.25, -0.2) is 4.79 Å². The number of para-hydroxylation sites is 1. The molecule has 1 N–H and O–H groups in total. The summed E-state index contributed by atoms with van der Waals surface area (Å²) in [5.74, 6) is 0. The zero-order valence-electron chi connectivity index (χ0n) is 7.54. The highest BCUT2D eigenvalue weighted by atomic mass is 16.5. The molecular formula is C10H12NO2. The van der Waals surface area contributed by atoms with Gasteiger partial charge in [0.2, 0.25) is 0 Å². The Balaban J connectivity index is 2.37. The van der Waals surface area contributed by atoms with Crippen LogP contribution in [0.5, 0.6) is 0 Å². The third-order valence-corrected chi connectivity index (χ3v) is 1.38. The molecule has 0 aromatic heterocycles. The molecule has 1 aromatic carbocycles. The van der Waals surface area contributed by atoms with Gasteiger partial charge in [-0.05, 0) is 12.5 Å². The van der Waals surface area contributed by atoms with E-state index in [-0.39, 0.29) is 0 Å². The van der Waals surface area contributed by atoms with Crippen molar-refractivity contribution in [3.05, 3.63) is 30.3 Å². The average Bonchev–Trinajstić information content (AvgIpc) is 2.16. The first-order valence-electron chi connectivity index (χ1n) is 4.23. The predicted molar refractivity (Wildman–Crippen MR) is 50.5 cm³/mol. The molecule has 0 aliphatic heterocycles. The maximum absolute atomic E-state index is 11.0. The van der Waals surface area contributed by atoms with Crippen molar-refractivity contribution < 1.29 is 9.53 Å². The second kappa shape index (κ2) is 5.19. The Morgan fingerprint density at radius 2 is 2.46 bits per heavy atom. The summed E-state index contributed by atoms with van der Waals surface area (Å²) in [6, 6.07) is 10.0. The lowest BCUT2D eigenvalue weighted by atomic mass is 10.3. The molecule has 0 aliphatic rings. The van der Waals surface area contributed by atoms with Gasteiger partial charge in [-0.3, -0.25) is 5.32 Å². The number of amides is 1. The van der Waals surface area contributed by atoms with Crippen molar-refractivity contribution in [3.8, 4) is 0 Å². The second-order valence-corrected chi connectivity index (χ2v) is 2.54. The van der Waals surface area contributed by atoms with Crippen molar-refractivity contribution in [3.63, 3.8) is 0 Å². The third-order valence-electron chi connectivity index (χ3n) is 1.38. The molecule has 0 saturated heterocycles. The fourth-order valence-electron chi connectivity index (χ4n) is 0.812. The number of hydrogen-bond acceptors (Lipinski definition) is 2.